The summed E-state index contributed by atoms with van der Waals surface area (Å²) in [6, 6.07) is 15.9. The van der Waals surface area contributed by atoms with Crippen LogP contribution in [0.15, 0.2) is 53.3 Å². The van der Waals surface area contributed by atoms with Crippen LogP contribution in [0, 0.1) is 5.92 Å². The molecule has 7 heteroatoms. The van der Waals surface area contributed by atoms with E-state index in [4.69, 9.17) is 0 Å². The molecule has 1 aromatic heterocycles. The van der Waals surface area contributed by atoms with Crippen LogP contribution < -0.4 is 20.7 Å². The van der Waals surface area contributed by atoms with Crippen LogP contribution >= 0.6 is 0 Å². The molecular weight excluding hydrogens is 402 g/mol. The van der Waals surface area contributed by atoms with Crippen molar-refractivity contribution in [1.29, 1.82) is 0 Å². The highest BCUT2D eigenvalue weighted by atomic mass is 16.2. The zero-order valence-corrected chi connectivity index (χ0v) is 19.0. The van der Waals surface area contributed by atoms with Crippen LogP contribution in [0.25, 0.3) is 11.0 Å². The summed E-state index contributed by atoms with van der Waals surface area (Å²) in [5.74, 6) is 0.317. The van der Waals surface area contributed by atoms with E-state index in [1.807, 2.05) is 79.3 Å². The van der Waals surface area contributed by atoms with Gasteiger partial charge in [-0.25, -0.2) is 4.98 Å². The SMILES string of the molecule is CCn1c(=O)c(N2CCC[C@H](C(=O)NCc3ccc(N(C)C)cc3)C2)nc2ccccc21. The third-order valence-electron chi connectivity index (χ3n) is 6.16. The summed E-state index contributed by atoms with van der Waals surface area (Å²) in [5.41, 5.74) is 3.75. The average Bonchev–Trinajstić information content (AvgIpc) is 2.82. The summed E-state index contributed by atoms with van der Waals surface area (Å²) >= 11 is 0. The number of piperidine rings is 1. The molecule has 0 bridgehead atoms. The van der Waals surface area contributed by atoms with Crippen LogP contribution in [-0.2, 0) is 17.9 Å². The number of hydrogen-bond acceptors (Lipinski definition) is 5. The summed E-state index contributed by atoms with van der Waals surface area (Å²) < 4.78 is 1.76. The number of benzene rings is 2. The molecule has 168 valence electrons. The fourth-order valence-corrected chi connectivity index (χ4v) is 4.33. The highest BCUT2D eigenvalue weighted by Gasteiger charge is 2.28. The van der Waals surface area contributed by atoms with Crippen molar-refractivity contribution >= 4 is 28.4 Å². The monoisotopic (exact) mass is 433 g/mol. The Balaban J connectivity index is 1.47. The molecule has 2 aromatic carbocycles. The normalized spacial score (nSPS) is 16.2. The lowest BCUT2D eigenvalue weighted by Crippen LogP contribution is -2.45. The van der Waals surface area contributed by atoms with E-state index in [-0.39, 0.29) is 17.4 Å². The molecule has 1 fully saturated rings. The van der Waals surface area contributed by atoms with Gasteiger partial charge in [0, 0.05) is 46.0 Å². The first-order chi connectivity index (χ1) is 15.5. The zero-order valence-electron chi connectivity index (χ0n) is 19.0. The zero-order chi connectivity index (χ0) is 22.7. The highest BCUT2D eigenvalue weighted by molar-refractivity contribution is 5.80. The van der Waals surface area contributed by atoms with Crippen LogP contribution in [0.3, 0.4) is 0 Å². The Morgan fingerprint density at radius 1 is 1.16 bits per heavy atom. The van der Waals surface area contributed by atoms with E-state index in [0.717, 1.165) is 41.7 Å². The molecule has 1 atom stereocenters. The van der Waals surface area contributed by atoms with Crippen molar-refractivity contribution in [3.8, 4) is 0 Å². The van der Waals surface area contributed by atoms with Gasteiger partial charge in [0.15, 0.2) is 5.82 Å². The topological polar surface area (TPSA) is 70.5 Å². The minimum absolute atomic E-state index is 0.0305. The Hall–Kier alpha value is -3.35. The predicted octanol–water partition coefficient (Wildman–Crippen LogP) is 3.02. The molecule has 3 aromatic rings. The number of carbonyl (C=O) groups is 1. The molecule has 0 saturated carbocycles. The minimum Gasteiger partial charge on any atom is -0.378 e. The molecule has 32 heavy (non-hydrogen) atoms. The maximum absolute atomic E-state index is 13.1. The van der Waals surface area contributed by atoms with Crippen molar-refractivity contribution in [2.45, 2.75) is 32.9 Å². The summed E-state index contributed by atoms with van der Waals surface area (Å²) in [5, 5.41) is 3.07. The Morgan fingerprint density at radius 2 is 1.91 bits per heavy atom. The van der Waals surface area contributed by atoms with Gasteiger partial charge in [0.2, 0.25) is 5.91 Å². The Kier molecular flexibility index (Phi) is 6.44. The number of hydrogen-bond donors (Lipinski definition) is 1. The lowest BCUT2D eigenvalue weighted by molar-refractivity contribution is -0.125. The van der Waals surface area contributed by atoms with Gasteiger partial charge in [-0.2, -0.15) is 0 Å². The molecule has 2 heterocycles. The van der Waals surface area contributed by atoms with E-state index in [1.165, 1.54) is 0 Å². The number of amides is 1. The fraction of sp³-hybridized carbons (Fsp3) is 0.400. The molecular formula is C25H31N5O2. The first kappa shape index (κ1) is 21.9. The molecule has 1 aliphatic heterocycles. The molecule has 1 aliphatic rings. The van der Waals surface area contributed by atoms with Crippen LogP contribution in [-0.4, -0.2) is 42.6 Å². The van der Waals surface area contributed by atoms with E-state index in [1.54, 1.807) is 4.57 Å². The Bertz CT molecular complexity index is 1150. The fourth-order valence-electron chi connectivity index (χ4n) is 4.33. The highest BCUT2D eigenvalue weighted by Crippen LogP contribution is 2.22. The van der Waals surface area contributed by atoms with Crippen LogP contribution in [0.2, 0.25) is 0 Å². The van der Waals surface area contributed by atoms with Gasteiger partial charge in [0.25, 0.3) is 5.56 Å². The second kappa shape index (κ2) is 9.42. The van der Waals surface area contributed by atoms with Crippen molar-refractivity contribution in [2.24, 2.45) is 5.92 Å². The Labute approximate surface area is 188 Å². The average molecular weight is 434 g/mol. The number of para-hydroxylation sites is 2. The largest absolute Gasteiger partial charge is 0.378 e. The number of nitrogens with zero attached hydrogens (tertiary/aromatic N) is 4. The van der Waals surface area contributed by atoms with Crippen molar-refractivity contribution < 1.29 is 4.79 Å². The lowest BCUT2D eigenvalue weighted by atomic mass is 9.97. The molecule has 1 N–H and O–H groups in total. The van der Waals surface area contributed by atoms with Crippen LogP contribution in [0.1, 0.15) is 25.3 Å². The maximum atomic E-state index is 13.1. The van der Waals surface area contributed by atoms with Crippen molar-refractivity contribution in [1.82, 2.24) is 14.9 Å². The van der Waals surface area contributed by atoms with Crippen LogP contribution in [0.4, 0.5) is 11.5 Å². The summed E-state index contributed by atoms with van der Waals surface area (Å²) in [4.78, 5) is 34.7. The quantitative estimate of drug-likeness (QED) is 0.647. The lowest BCUT2D eigenvalue weighted by Gasteiger charge is -2.32. The third kappa shape index (κ3) is 4.47. The van der Waals surface area contributed by atoms with Gasteiger partial charge in [-0.15, -0.1) is 0 Å². The summed E-state index contributed by atoms with van der Waals surface area (Å²) in [6.07, 6.45) is 1.67. The number of anilines is 2. The predicted molar refractivity (Wildman–Crippen MR) is 129 cm³/mol. The maximum Gasteiger partial charge on any atom is 0.293 e. The first-order valence-corrected chi connectivity index (χ1v) is 11.3. The van der Waals surface area contributed by atoms with Gasteiger partial charge in [0.1, 0.15) is 0 Å². The summed E-state index contributed by atoms with van der Waals surface area (Å²) in [7, 11) is 4.01. The number of carbonyl (C=O) groups excluding carboxylic acids is 1. The number of rotatable bonds is 6. The van der Waals surface area contributed by atoms with E-state index in [9.17, 15) is 9.59 Å². The van der Waals surface area contributed by atoms with Crippen molar-refractivity contribution in [3.05, 3.63) is 64.4 Å². The standard InChI is InChI=1S/C25H31N5O2/c1-4-30-22-10-6-5-9-21(22)27-23(25(30)32)29-15-7-8-19(17-29)24(31)26-16-18-11-13-20(14-12-18)28(2)3/h5-6,9-14,19H,4,7-8,15-17H2,1-3H3,(H,26,31)/t19-/m0/s1. The van der Waals surface area contributed by atoms with Gasteiger partial charge in [-0.05, 0) is 49.6 Å². The van der Waals surface area contributed by atoms with E-state index < -0.39 is 0 Å². The second-order valence-corrected chi connectivity index (χ2v) is 8.54. The van der Waals surface area contributed by atoms with Crippen molar-refractivity contribution in [2.75, 3.05) is 37.0 Å². The molecule has 1 amide bonds. The number of fused-ring (bicyclic) bond motifs is 1. The van der Waals surface area contributed by atoms with Gasteiger partial charge >= 0.3 is 0 Å². The molecule has 0 unspecified atom stereocenters. The number of aryl methyl sites for hydroxylation is 1. The van der Waals surface area contributed by atoms with Crippen molar-refractivity contribution in [3.63, 3.8) is 0 Å². The number of nitrogens with one attached hydrogen (secondary N) is 1. The molecule has 0 spiro atoms. The van der Waals surface area contributed by atoms with Gasteiger partial charge in [-0.1, -0.05) is 24.3 Å². The van der Waals surface area contributed by atoms with Gasteiger partial charge < -0.3 is 19.7 Å². The van der Waals surface area contributed by atoms with E-state index in [0.29, 0.717) is 25.5 Å². The second-order valence-electron chi connectivity index (χ2n) is 8.54. The number of aromatic nitrogens is 2. The molecule has 4 rings (SSSR count). The third-order valence-corrected chi connectivity index (χ3v) is 6.16. The molecule has 0 aliphatic carbocycles. The van der Waals surface area contributed by atoms with Crippen LogP contribution in [0.5, 0.6) is 0 Å². The smallest absolute Gasteiger partial charge is 0.293 e. The Morgan fingerprint density at radius 3 is 2.62 bits per heavy atom. The van der Waals surface area contributed by atoms with E-state index >= 15 is 0 Å². The van der Waals surface area contributed by atoms with Gasteiger partial charge in [0.05, 0.1) is 17.0 Å². The molecule has 0 radical (unpaired) electrons. The van der Waals surface area contributed by atoms with E-state index in [2.05, 4.69) is 10.3 Å². The minimum atomic E-state index is -0.160. The molecule has 1 saturated heterocycles. The van der Waals surface area contributed by atoms with Gasteiger partial charge in [-0.3, -0.25) is 9.59 Å². The first-order valence-electron chi connectivity index (χ1n) is 11.3. The molecule has 7 nitrogen and oxygen atoms in total. The summed E-state index contributed by atoms with van der Waals surface area (Å²) in [6.45, 7) is 4.30.